The highest BCUT2D eigenvalue weighted by Crippen LogP contribution is 2.10. The molecule has 0 amide bonds. The third kappa shape index (κ3) is 4.49. The molecule has 18 heavy (non-hydrogen) atoms. The molecule has 1 saturated heterocycles. The molecule has 1 N–H and O–H groups in total. The molecule has 0 unspecified atom stereocenters. The summed E-state index contributed by atoms with van der Waals surface area (Å²) >= 11 is 0. The molecule has 0 saturated carbocycles. The van der Waals surface area contributed by atoms with Gasteiger partial charge in [0.05, 0.1) is 13.0 Å². The van der Waals surface area contributed by atoms with Gasteiger partial charge in [-0.25, -0.2) is 0 Å². The lowest BCUT2D eigenvalue weighted by molar-refractivity contribution is -0.143. The number of carbonyl (C=O) groups excluding carboxylic acids is 1. The quantitative estimate of drug-likeness (QED) is 0.811. The largest absolute Gasteiger partial charge is 0.465 e. The van der Waals surface area contributed by atoms with Crippen LogP contribution in [0.15, 0.2) is 30.3 Å². The van der Waals surface area contributed by atoms with Gasteiger partial charge in [0.1, 0.15) is 0 Å². The van der Waals surface area contributed by atoms with Crippen LogP contribution in [-0.2, 0) is 16.0 Å². The molecule has 1 atom stereocenters. The van der Waals surface area contributed by atoms with E-state index in [9.17, 15) is 4.79 Å². The summed E-state index contributed by atoms with van der Waals surface area (Å²) in [5.41, 5.74) is 1.01. The van der Waals surface area contributed by atoms with E-state index in [-0.39, 0.29) is 5.97 Å². The van der Waals surface area contributed by atoms with Gasteiger partial charge in [0.25, 0.3) is 0 Å². The van der Waals surface area contributed by atoms with Crippen LogP contribution < -0.4 is 5.32 Å². The monoisotopic (exact) mass is 247 g/mol. The van der Waals surface area contributed by atoms with Crippen LogP contribution in [-0.4, -0.2) is 25.2 Å². The number of nitrogens with one attached hydrogen (secondary N) is 1. The van der Waals surface area contributed by atoms with Crippen LogP contribution in [0.2, 0.25) is 0 Å². The van der Waals surface area contributed by atoms with E-state index >= 15 is 0 Å². The molecule has 0 radical (unpaired) electrons. The number of benzene rings is 1. The number of ether oxygens (including phenoxy) is 1. The Hall–Kier alpha value is -1.35. The van der Waals surface area contributed by atoms with Gasteiger partial charge >= 0.3 is 5.97 Å². The SMILES string of the molecule is O=C(Cc1ccccc1)OCC[C@@H]1CCCCN1. The highest BCUT2D eigenvalue weighted by molar-refractivity contribution is 5.72. The predicted molar refractivity (Wildman–Crippen MR) is 71.4 cm³/mol. The Kier molecular flexibility index (Phi) is 5.21. The fraction of sp³-hybridized carbons (Fsp3) is 0.533. The lowest BCUT2D eigenvalue weighted by atomic mass is 10.0. The van der Waals surface area contributed by atoms with Crippen molar-refractivity contribution >= 4 is 5.97 Å². The zero-order valence-corrected chi connectivity index (χ0v) is 10.7. The Morgan fingerprint density at radius 3 is 2.83 bits per heavy atom. The standard InChI is InChI=1S/C15H21NO2/c17-15(12-13-6-2-1-3-7-13)18-11-9-14-8-4-5-10-16-14/h1-3,6-7,14,16H,4-5,8-12H2/t14-/m0/s1. The summed E-state index contributed by atoms with van der Waals surface area (Å²) < 4.78 is 5.27. The Morgan fingerprint density at radius 1 is 1.28 bits per heavy atom. The summed E-state index contributed by atoms with van der Waals surface area (Å²) in [6, 6.07) is 10.3. The summed E-state index contributed by atoms with van der Waals surface area (Å²) in [5.74, 6) is -0.128. The molecule has 2 rings (SSSR count). The van der Waals surface area contributed by atoms with Crippen LogP contribution in [0.4, 0.5) is 0 Å². The molecule has 3 heteroatoms. The first-order valence-corrected chi connectivity index (χ1v) is 6.77. The maximum atomic E-state index is 11.6. The number of carbonyl (C=O) groups is 1. The maximum Gasteiger partial charge on any atom is 0.310 e. The number of piperidine rings is 1. The third-order valence-corrected chi connectivity index (χ3v) is 3.33. The van der Waals surface area contributed by atoms with Crippen molar-refractivity contribution in [2.75, 3.05) is 13.2 Å². The average molecular weight is 247 g/mol. The molecule has 1 aromatic carbocycles. The number of hydrogen-bond donors (Lipinski definition) is 1. The van der Waals surface area contributed by atoms with Crippen molar-refractivity contribution in [2.24, 2.45) is 0 Å². The first kappa shape index (κ1) is 13.1. The van der Waals surface area contributed by atoms with Crippen molar-refractivity contribution in [2.45, 2.75) is 38.1 Å². The summed E-state index contributed by atoms with van der Waals surface area (Å²) in [7, 11) is 0. The van der Waals surface area contributed by atoms with Crippen LogP contribution in [0.5, 0.6) is 0 Å². The van der Waals surface area contributed by atoms with E-state index in [1.807, 2.05) is 30.3 Å². The van der Waals surface area contributed by atoms with Crippen molar-refractivity contribution in [1.82, 2.24) is 5.32 Å². The van der Waals surface area contributed by atoms with Crippen LogP contribution in [0.1, 0.15) is 31.2 Å². The number of esters is 1. The van der Waals surface area contributed by atoms with Crippen LogP contribution >= 0.6 is 0 Å². The topological polar surface area (TPSA) is 38.3 Å². The second-order valence-electron chi connectivity index (χ2n) is 4.82. The number of rotatable bonds is 5. The fourth-order valence-corrected chi connectivity index (χ4v) is 2.30. The molecule has 3 nitrogen and oxygen atoms in total. The molecule has 1 heterocycles. The summed E-state index contributed by atoms with van der Waals surface area (Å²) in [6.45, 7) is 1.63. The van der Waals surface area contributed by atoms with Gasteiger partial charge in [0.15, 0.2) is 0 Å². The van der Waals surface area contributed by atoms with Gasteiger partial charge in [-0.15, -0.1) is 0 Å². The highest BCUT2D eigenvalue weighted by atomic mass is 16.5. The molecule has 0 spiro atoms. The Balaban J connectivity index is 1.62. The van der Waals surface area contributed by atoms with E-state index in [0.29, 0.717) is 19.1 Å². The minimum absolute atomic E-state index is 0.128. The second-order valence-corrected chi connectivity index (χ2v) is 4.82. The minimum atomic E-state index is -0.128. The van der Waals surface area contributed by atoms with Crippen molar-refractivity contribution < 1.29 is 9.53 Å². The predicted octanol–water partition coefficient (Wildman–Crippen LogP) is 2.30. The van der Waals surface area contributed by atoms with Crippen LogP contribution in [0.25, 0.3) is 0 Å². The van der Waals surface area contributed by atoms with Crippen molar-refractivity contribution in [3.8, 4) is 0 Å². The van der Waals surface area contributed by atoms with Gasteiger partial charge < -0.3 is 10.1 Å². The first-order valence-electron chi connectivity index (χ1n) is 6.77. The summed E-state index contributed by atoms with van der Waals surface area (Å²) in [5, 5.41) is 3.45. The summed E-state index contributed by atoms with van der Waals surface area (Å²) in [6.07, 6.45) is 5.07. The minimum Gasteiger partial charge on any atom is -0.465 e. The molecule has 1 fully saturated rings. The lowest BCUT2D eigenvalue weighted by Gasteiger charge is -2.23. The van der Waals surface area contributed by atoms with E-state index in [2.05, 4.69) is 5.32 Å². The Bertz CT molecular complexity index is 358. The molecular formula is C15H21NO2. The highest BCUT2D eigenvalue weighted by Gasteiger charge is 2.13. The van der Waals surface area contributed by atoms with Crippen LogP contribution in [0, 0.1) is 0 Å². The van der Waals surface area contributed by atoms with Crippen molar-refractivity contribution in [3.63, 3.8) is 0 Å². The van der Waals surface area contributed by atoms with E-state index in [1.54, 1.807) is 0 Å². The fourth-order valence-electron chi connectivity index (χ4n) is 2.30. The molecule has 1 aliphatic rings. The van der Waals surface area contributed by atoms with E-state index < -0.39 is 0 Å². The van der Waals surface area contributed by atoms with E-state index in [0.717, 1.165) is 18.5 Å². The van der Waals surface area contributed by atoms with Crippen molar-refractivity contribution in [1.29, 1.82) is 0 Å². The molecular weight excluding hydrogens is 226 g/mol. The average Bonchev–Trinajstić information content (AvgIpc) is 2.41. The second kappa shape index (κ2) is 7.17. The van der Waals surface area contributed by atoms with Crippen LogP contribution in [0.3, 0.4) is 0 Å². The van der Waals surface area contributed by atoms with Crippen molar-refractivity contribution in [3.05, 3.63) is 35.9 Å². The maximum absolute atomic E-state index is 11.6. The normalized spacial score (nSPS) is 19.4. The van der Waals surface area contributed by atoms with Gasteiger partial charge in [0.2, 0.25) is 0 Å². The van der Waals surface area contributed by atoms with Gasteiger partial charge in [-0.05, 0) is 31.4 Å². The Morgan fingerprint density at radius 2 is 2.11 bits per heavy atom. The molecule has 0 bridgehead atoms. The van der Waals surface area contributed by atoms with E-state index in [4.69, 9.17) is 4.74 Å². The summed E-state index contributed by atoms with van der Waals surface area (Å²) in [4.78, 5) is 11.6. The molecule has 1 aliphatic heterocycles. The zero-order chi connectivity index (χ0) is 12.6. The smallest absolute Gasteiger partial charge is 0.310 e. The Labute approximate surface area is 109 Å². The first-order chi connectivity index (χ1) is 8.84. The van der Waals surface area contributed by atoms with Gasteiger partial charge in [-0.3, -0.25) is 4.79 Å². The van der Waals surface area contributed by atoms with E-state index in [1.165, 1.54) is 19.3 Å². The van der Waals surface area contributed by atoms with Gasteiger partial charge in [-0.2, -0.15) is 0 Å². The zero-order valence-electron chi connectivity index (χ0n) is 10.7. The lowest BCUT2D eigenvalue weighted by Crippen LogP contribution is -2.35. The molecule has 1 aromatic rings. The number of hydrogen-bond acceptors (Lipinski definition) is 3. The molecule has 98 valence electrons. The molecule has 0 aromatic heterocycles. The molecule has 0 aliphatic carbocycles. The third-order valence-electron chi connectivity index (χ3n) is 3.33. The van der Waals surface area contributed by atoms with Gasteiger partial charge in [0, 0.05) is 6.04 Å². The van der Waals surface area contributed by atoms with Gasteiger partial charge in [-0.1, -0.05) is 36.8 Å².